The molecule has 0 saturated carbocycles. The maximum absolute atomic E-state index is 12.4. The Bertz CT molecular complexity index is 500. The third-order valence-corrected chi connectivity index (χ3v) is 5.60. The molecule has 0 aromatic heterocycles. The topological polar surface area (TPSA) is 63.4 Å². The van der Waals surface area contributed by atoms with Gasteiger partial charge in [0, 0.05) is 19.6 Å². The fourth-order valence-corrected chi connectivity index (χ4v) is 3.86. The number of rotatable bonds is 3. The predicted molar refractivity (Wildman–Crippen MR) is 71.4 cm³/mol. The van der Waals surface area contributed by atoms with Crippen LogP contribution in [0.15, 0.2) is 29.2 Å². The van der Waals surface area contributed by atoms with Crippen LogP contribution in [0.4, 0.5) is 0 Å². The van der Waals surface area contributed by atoms with Gasteiger partial charge >= 0.3 is 0 Å². The first-order valence-corrected chi connectivity index (χ1v) is 7.68. The minimum atomic E-state index is -3.34. The van der Waals surface area contributed by atoms with Gasteiger partial charge in [-0.25, -0.2) is 8.42 Å². The summed E-state index contributed by atoms with van der Waals surface area (Å²) >= 11 is 0. The van der Waals surface area contributed by atoms with E-state index in [-0.39, 0.29) is 0 Å². The molecule has 100 valence electrons. The van der Waals surface area contributed by atoms with E-state index in [0.29, 0.717) is 36.4 Å². The maximum Gasteiger partial charge on any atom is 0.243 e. The van der Waals surface area contributed by atoms with Gasteiger partial charge in [-0.2, -0.15) is 4.31 Å². The highest BCUT2D eigenvalue weighted by Crippen LogP contribution is 2.28. The van der Waals surface area contributed by atoms with Crippen molar-refractivity contribution in [1.82, 2.24) is 4.31 Å². The molecular weight excluding hydrogens is 248 g/mol. The van der Waals surface area contributed by atoms with Crippen LogP contribution in [-0.4, -0.2) is 25.8 Å². The van der Waals surface area contributed by atoms with E-state index in [1.165, 1.54) is 0 Å². The second-order valence-corrected chi connectivity index (χ2v) is 7.06. The quantitative estimate of drug-likeness (QED) is 0.902. The SMILES string of the molecule is CC1CN(S(=O)(=O)c2ccc(CN)cc2)CC1C. The first-order valence-electron chi connectivity index (χ1n) is 6.24. The van der Waals surface area contributed by atoms with E-state index in [4.69, 9.17) is 5.73 Å². The molecule has 0 amide bonds. The molecule has 2 unspecified atom stereocenters. The largest absolute Gasteiger partial charge is 0.326 e. The Hall–Kier alpha value is -0.910. The Balaban J connectivity index is 2.25. The lowest BCUT2D eigenvalue weighted by molar-refractivity contribution is 0.463. The van der Waals surface area contributed by atoms with Crippen molar-refractivity contribution in [2.24, 2.45) is 17.6 Å². The molecule has 2 N–H and O–H groups in total. The summed E-state index contributed by atoms with van der Waals surface area (Å²) in [6.07, 6.45) is 0. The van der Waals surface area contributed by atoms with E-state index < -0.39 is 10.0 Å². The van der Waals surface area contributed by atoms with E-state index in [1.807, 2.05) is 0 Å². The Morgan fingerprint density at radius 1 is 1.17 bits per heavy atom. The Labute approximate surface area is 109 Å². The molecule has 1 aliphatic rings. The van der Waals surface area contributed by atoms with Gasteiger partial charge in [0.05, 0.1) is 4.90 Å². The van der Waals surface area contributed by atoms with E-state index in [1.54, 1.807) is 28.6 Å². The van der Waals surface area contributed by atoms with Crippen LogP contribution >= 0.6 is 0 Å². The van der Waals surface area contributed by atoms with E-state index in [2.05, 4.69) is 13.8 Å². The van der Waals surface area contributed by atoms with Crippen LogP contribution in [0.25, 0.3) is 0 Å². The molecule has 4 nitrogen and oxygen atoms in total. The van der Waals surface area contributed by atoms with Gasteiger partial charge in [0.2, 0.25) is 10.0 Å². The standard InChI is InChI=1S/C13H20N2O2S/c1-10-8-15(9-11(10)2)18(16,17)13-5-3-12(7-14)4-6-13/h3-6,10-11H,7-9,14H2,1-2H3. The number of nitrogens with zero attached hydrogens (tertiary/aromatic N) is 1. The van der Waals surface area contributed by atoms with Crippen LogP contribution in [-0.2, 0) is 16.6 Å². The number of benzene rings is 1. The molecule has 0 radical (unpaired) electrons. The lowest BCUT2D eigenvalue weighted by atomic mass is 10.0. The summed E-state index contributed by atoms with van der Waals surface area (Å²) in [5.74, 6) is 0.839. The summed E-state index contributed by atoms with van der Waals surface area (Å²) in [5.41, 5.74) is 6.45. The zero-order chi connectivity index (χ0) is 13.3. The zero-order valence-electron chi connectivity index (χ0n) is 10.8. The smallest absolute Gasteiger partial charge is 0.243 e. The number of nitrogens with two attached hydrogens (primary N) is 1. The minimum absolute atomic E-state index is 0.362. The van der Waals surface area contributed by atoms with Crippen LogP contribution in [0, 0.1) is 11.8 Å². The van der Waals surface area contributed by atoms with Crippen LogP contribution in [0.2, 0.25) is 0 Å². The first-order chi connectivity index (χ1) is 8.45. The lowest BCUT2D eigenvalue weighted by Gasteiger charge is -2.16. The minimum Gasteiger partial charge on any atom is -0.326 e. The molecule has 0 spiro atoms. The van der Waals surface area contributed by atoms with Crippen molar-refractivity contribution in [2.45, 2.75) is 25.3 Å². The van der Waals surface area contributed by atoms with Crippen LogP contribution in [0.5, 0.6) is 0 Å². The fourth-order valence-electron chi connectivity index (χ4n) is 2.22. The molecular formula is C13H20N2O2S. The molecule has 2 rings (SSSR count). The third kappa shape index (κ3) is 2.43. The molecule has 1 fully saturated rings. The second-order valence-electron chi connectivity index (χ2n) is 5.12. The van der Waals surface area contributed by atoms with Crippen LogP contribution < -0.4 is 5.73 Å². The van der Waals surface area contributed by atoms with E-state index in [0.717, 1.165) is 5.56 Å². The highest BCUT2D eigenvalue weighted by Gasteiger charge is 2.34. The maximum atomic E-state index is 12.4. The molecule has 1 heterocycles. The van der Waals surface area contributed by atoms with Crippen molar-refractivity contribution in [3.8, 4) is 0 Å². The van der Waals surface area contributed by atoms with Gasteiger partial charge in [-0.1, -0.05) is 26.0 Å². The van der Waals surface area contributed by atoms with Gasteiger partial charge < -0.3 is 5.73 Å². The molecule has 1 aromatic carbocycles. The van der Waals surface area contributed by atoms with Crippen LogP contribution in [0.3, 0.4) is 0 Å². The van der Waals surface area contributed by atoms with Crippen molar-refractivity contribution < 1.29 is 8.42 Å². The molecule has 5 heteroatoms. The first kappa shape index (κ1) is 13.5. The Kier molecular flexibility index (Phi) is 3.75. The van der Waals surface area contributed by atoms with Gasteiger partial charge in [0.1, 0.15) is 0 Å². The highest BCUT2D eigenvalue weighted by atomic mass is 32.2. The summed E-state index contributed by atoms with van der Waals surface area (Å²) < 4.78 is 26.4. The zero-order valence-corrected chi connectivity index (χ0v) is 11.7. The normalized spacial score (nSPS) is 25.5. The summed E-state index contributed by atoms with van der Waals surface area (Å²) in [6.45, 7) is 5.85. The Morgan fingerprint density at radius 2 is 1.67 bits per heavy atom. The van der Waals surface area contributed by atoms with Crippen molar-refractivity contribution in [2.75, 3.05) is 13.1 Å². The van der Waals surface area contributed by atoms with Gasteiger partial charge in [0.25, 0.3) is 0 Å². The monoisotopic (exact) mass is 268 g/mol. The number of hydrogen-bond acceptors (Lipinski definition) is 3. The third-order valence-electron chi connectivity index (χ3n) is 3.75. The van der Waals surface area contributed by atoms with E-state index >= 15 is 0 Å². The average Bonchev–Trinajstić information content (AvgIpc) is 2.70. The van der Waals surface area contributed by atoms with Gasteiger partial charge in [-0.05, 0) is 29.5 Å². The molecule has 2 atom stereocenters. The van der Waals surface area contributed by atoms with Gasteiger partial charge in [0.15, 0.2) is 0 Å². The molecule has 18 heavy (non-hydrogen) atoms. The van der Waals surface area contributed by atoms with Gasteiger partial charge in [-0.15, -0.1) is 0 Å². The average molecular weight is 268 g/mol. The number of sulfonamides is 1. The molecule has 0 bridgehead atoms. The fraction of sp³-hybridized carbons (Fsp3) is 0.538. The van der Waals surface area contributed by atoms with Crippen LogP contribution in [0.1, 0.15) is 19.4 Å². The molecule has 1 aromatic rings. The molecule has 1 saturated heterocycles. The summed E-state index contributed by atoms with van der Waals surface area (Å²) in [6, 6.07) is 6.84. The lowest BCUT2D eigenvalue weighted by Crippen LogP contribution is -2.29. The number of hydrogen-bond donors (Lipinski definition) is 1. The second kappa shape index (κ2) is 4.99. The summed E-state index contributed by atoms with van der Waals surface area (Å²) in [4.78, 5) is 0.362. The summed E-state index contributed by atoms with van der Waals surface area (Å²) in [5, 5.41) is 0. The molecule has 0 aliphatic carbocycles. The Morgan fingerprint density at radius 3 is 2.11 bits per heavy atom. The summed E-state index contributed by atoms with van der Waals surface area (Å²) in [7, 11) is -3.34. The van der Waals surface area contributed by atoms with Crippen molar-refractivity contribution >= 4 is 10.0 Å². The van der Waals surface area contributed by atoms with E-state index in [9.17, 15) is 8.42 Å². The van der Waals surface area contributed by atoms with Crippen molar-refractivity contribution in [3.05, 3.63) is 29.8 Å². The molecule has 1 aliphatic heterocycles. The van der Waals surface area contributed by atoms with Gasteiger partial charge in [-0.3, -0.25) is 0 Å². The van der Waals surface area contributed by atoms with Crippen molar-refractivity contribution in [1.29, 1.82) is 0 Å². The highest BCUT2D eigenvalue weighted by molar-refractivity contribution is 7.89. The predicted octanol–water partition coefficient (Wildman–Crippen LogP) is 1.42. The van der Waals surface area contributed by atoms with Crippen molar-refractivity contribution in [3.63, 3.8) is 0 Å².